The zero-order chi connectivity index (χ0) is 13.9. The molecular weight excluding hydrogens is 232 g/mol. The Morgan fingerprint density at radius 2 is 1.89 bits per heavy atom. The van der Waals surface area contributed by atoms with Crippen molar-refractivity contribution < 1.29 is 0 Å². The van der Waals surface area contributed by atoms with Gasteiger partial charge in [-0.3, -0.25) is 4.90 Å². The maximum atomic E-state index is 3.83. The highest BCUT2D eigenvalue weighted by atomic mass is 15.1. The zero-order valence-corrected chi connectivity index (χ0v) is 12.5. The predicted molar refractivity (Wildman–Crippen MR) is 84.5 cm³/mol. The Kier molecular flexibility index (Phi) is 8.19. The van der Waals surface area contributed by atoms with Crippen molar-refractivity contribution in [3.05, 3.63) is 48.0 Å². The van der Waals surface area contributed by atoms with Gasteiger partial charge in [0.05, 0.1) is 0 Å². The molecule has 1 aromatic carbocycles. The van der Waals surface area contributed by atoms with Crippen LogP contribution in [0, 0.1) is 0 Å². The summed E-state index contributed by atoms with van der Waals surface area (Å²) in [5.41, 5.74) is 2.91. The minimum absolute atomic E-state index is 0.957. The fraction of sp³-hybridized carbons (Fsp3) is 0.529. The monoisotopic (exact) mass is 260 g/mol. The fourth-order valence-corrected chi connectivity index (χ4v) is 2.21. The van der Waals surface area contributed by atoms with Crippen molar-refractivity contribution in [2.24, 2.45) is 0 Å². The number of likely N-dealkylation sites (N-methyl/N-ethyl adjacent to an activating group) is 1. The quantitative estimate of drug-likeness (QED) is 0.513. The van der Waals surface area contributed by atoms with Gasteiger partial charge in [0.25, 0.3) is 0 Å². The first-order valence-corrected chi connectivity index (χ1v) is 7.42. The first-order chi connectivity index (χ1) is 9.31. The van der Waals surface area contributed by atoms with E-state index < -0.39 is 0 Å². The second-order valence-corrected chi connectivity index (χ2v) is 4.89. The molecule has 1 aromatic rings. The smallest absolute Gasteiger partial charge is 0.0239 e. The van der Waals surface area contributed by atoms with Gasteiger partial charge in [0.15, 0.2) is 0 Å². The summed E-state index contributed by atoms with van der Waals surface area (Å²) < 4.78 is 0. The lowest BCUT2D eigenvalue weighted by molar-refractivity contribution is 0.310. The van der Waals surface area contributed by atoms with E-state index in [1.807, 2.05) is 6.08 Å². The van der Waals surface area contributed by atoms with Crippen LogP contribution in [0.4, 0.5) is 0 Å². The van der Waals surface area contributed by atoms with Crippen LogP contribution in [0.1, 0.15) is 31.4 Å². The van der Waals surface area contributed by atoms with Crippen LogP contribution in [0.25, 0.3) is 0 Å². The zero-order valence-electron chi connectivity index (χ0n) is 12.5. The van der Waals surface area contributed by atoms with Gasteiger partial charge in [0.2, 0.25) is 0 Å². The molecule has 0 saturated heterocycles. The molecule has 0 aliphatic carbocycles. The predicted octanol–water partition coefficient (Wildman–Crippen LogP) is 3.24. The van der Waals surface area contributed by atoms with Crippen LogP contribution in [0.15, 0.2) is 36.9 Å². The Balaban J connectivity index is 2.58. The third-order valence-corrected chi connectivity index (χ3v) is 3.34. The number of nitrogens with one attached hydrogen (secondary N) is 1. The Hall–Kier alpha value is -1.12. The summed E-state index contributed by atoms with van der Waals surface area (Å²) >= 11 is 0. The van der Waals surface area contributed by atoms with E-state index >= 15 is 0 Å². The van der Waals surface area contributed by atoms with Gasteiger partial charge in [0.1, 0.15) is 0 Å². The summed E-state index contributed by atoms with van der Waals surface area (Å²) in [6.45, 7) is 13.5. The molecule has 19 heavy (non-hydrogen) atoms. The molecule has 2 heteroatoms. The number of benzene rings is 1. The van der Waals surface area contributed by atoms with Crippen molar-refractivity contribution in [2.75, 3.05) is 26.2 Å². The summed E-state index contributed by atoms with van der Waals surface area (Å²) in [6.07, 6.45) is 4.29. The maximum Gasteiger partial charge on any atom is 0.0239 e. The molecule has 0 saturated carbocycles. The van der Waals surface area contributed by atoms with Crippen molar-refractivity contribution in [2.45, 2.75) is 33.2 Å². The van der Waals surface area contributed by atoms with Gasteiger partial charge in [0, 0.05) is 13.1 Å². The van der Waals surface area contributed by atoms with Crippen LogP contribution in [-0.4, -0.2) is 31.1 Å². The highest BCUT2D eigenvalue weighted by Gasteiger charge is 2.06. The van der Waals surface area contributed by atoms with E-state index in [4.69, 9.17) is 0 Å². The molecule has 0 amide bonds. The molecule has 0 aliphatic heterocycles. The van der Waals surface area contributed by atoms with Crippen LogP contribution in [0.5, 0.6) is 0 Å². The first kappa shape index (κ1) is 15.9. The molecule has 0 aliphatic rings. The number of hydrogen-bond acceptors (Lipinski definition) is 2. The Morgan fingerprint density at radius 3 is 2.53 bits per heavy atom. The third-order valence-electron chi connectivity index (χ3n) is 3.34. The Morgan fingerprint density at radius 1 is 1.16 bits per heavy atom. The average Bonchev–Trinajstić information content (AvgIpc) is 2.44. The molecule has 0 radical (unpaired) electrons. The van der Waals surface area contributed by atoms with Crippen molar-refractivity contribution >= 4 is 0 Å². The Bertz CT molecular complexity index is 360. The maximum absolute atomic E-state index is 3.83. The van der Waals surface area contributed by atoms with Gasteiger partial charge in [-0.1, -0.05) is 44.2 Å². The van der Waals surface area contributed by atoms with Gasteiger partial charge in [-0.15, -0.1) is 6.58 Å². The highest BCUT2D eigenvalue weighted by Crippen LogP contribution is 2.12. The molecule has 0 spiro atoms. The molecule has 1 rings (SSSR count). The van der Waals surface area contributed by atoms with Crippen LogP contribution in [-0.2, 0) is 13.0 Å². The third kappa shape index (κ3) is 6.04. The Labute approximate surface area is 118 Å². The fourth-order valence-electron chi connectivity index (χ4n) is 2.21. The average molecular weight is 260 g/mol. The minimum atomic E-state index is 0.957. The lowest BCUT2D eigenvalue weighted by Crippen LogP contribution is -2.24. The molecule has 106 valence electrons. The standard InChI is InChI=1S/C17H28N2/c1-4-12-18-13-11-16-9-7-8-10-17(16)15-19(6-3)14-5-2/h5,7-10,18H,2,4,6,11-15H2,1,3H3. The van der Waals surface area contributed by atoms with E-state index in [0.717, 1.165) is 39.1 Å². The SMILES string of the molecule is C=CCN(CC)Cc1ccccc1CCNCCC. The number of rotatable bonds is 10. The molecule has 0 aromatic heterocycles. The number of hydrogen-bond donors (Lipinski definition) is 1. The largest absolute Gasteiger partial charge is 0.316 e. The van der Waals surface area contributed by atoms with Crippen molar-refractivity contribution in [3.63, 3.8) is 0 Å². The van der Waals surface area contributed by atoms with Gasteiger partial charge < -0.3 is 5.32 Å². The van der Waals surface area contributed by atoms with E-state index in [2.05, 4.69) is 54.9 Å². The molecule has 0 heterocycles. The molecule has 0 bridgehead atoms. The van der Waals surface area contributed by atoms with Crippen molar-refractivity contribution in [3.8, 4) is 0 Å². The highest BCUT2D eigenvalue weighted by molar-refractivity contribution is 5.27. The second-order valence-electron chi connectivity index (χ2n) is 4.89. The van der Waals surface area contributed by atoms with Gasteiger partial charge >= 0.3 is 0 Å². The van der Waals surface area contributed by atoms with Crippen molar-refractivity contribution in [1.82, 2.24) is 10.2 Å². The summed E-state index contributed by atoms with van der Waals surface area (Å²) in [5.74, 6) is 0. The molecule has 0 atom stereocenters. The van der Waals surface area contributed by atoms with Crippen molar-refractivity contribution in [1.29, 1.82) is 0 Å². The van der Waals surface area contributed by atoms with Crippen LogP contribution < -0.4 is 5.32 Å². The van der Waals surface area contributed by atoms with Crippen LogP contribution in [0.3, 0.4) is 0 Å². The minimum Gasteiger partial charge on any atom is -0.316 e. The van der Waals surface area contributed by atoms with E-state index in [-0.39, 0.29) is 0 Å². The topological polar surface area (TPSA) is 15.3 Å². The van der Waals surface area contributed by atoms with Gasteiger partial charge in [-0.25, -0.2) is 0 Å². The lowest BCUT2D eigenvalue weighted by Gasteiger charge is -2.20. The first-order valence-electron chi connectivity index (χ1n) is 7.42. The van der Waals surface area contributed by atoms with Gasteiger partial charge in [-0.2, -0.15) is 0 Å². The van der Waals surface area contributed by atoms with E-state index in [9.17, 15) is 0 Å². The molecular formula is C17H28N2. The number of nitrogens with zero attached hydrogens (tertiary/aromatic N) is 1. The van der Waals surface area contributed by atoms with E-state index in [1.165, 1.54) is 17.5 Å². The molecule has 0 fully saturated rings. The summed E-state index contributed by atoms with van der Waals surface area (Å²) in [5, 5.41) is 3.47. The molecule has 1 N–H and O–H groups in total. The summed E-state index contributed by atoms with van der Waals surface area (Å²) in [7, 11) is 0. The van der Waals surface area contributed by atoms with E-state index in [1.54, 1.807) is 0 Å². The summed E-state index contributed by atoms with van der Waals surface area (Å²) in [4.78, 5) is 2.41. The van der Waals surface area contributed by atoms with E-state index in [0.29, 0.717) is 0 Å². The normalized spacial score (nSPS) is 10.9. The lowest BCUT2D eigenvalue weighted by atomic mass is 10.0. The molecule has 0 unspecified atom stereocenters. The molecule has 2 nitrogen and oxygen atoms in total. The van der Waals surface area contributed by atoms with Gasteiger partial charge in [-0.05, 0) is 43.6 Å². The van der Waals surface area contributed by atoms with Crippen LogP contribution in [0.2, 0.25) is 0 Å². The van der Waals surface area contributed by atoms with Crippen LogP contribution >= 0.6 is 0 Å². The second kappa shape index (κ2) is 9.76. The summed E-state index contributed by atoms with van der Waals surface area (Å²) in [6, 6.07) is 8.79.